The topological polar surface area (TPSA) is 15.3 Å². The molecular formula is C17H26F2N2. The van der Waals surface area contributed by atoms with Crippen molar-refractivity contribution in [3.63, 3.8) is 0 Å². The summed E-state index contributed by atoms with van der Waals surface area (Å²) in [4.78, 5) is 1.86. The number of nitrogens with zero attached hydrogens (tertiary/aromatic N) is 1. The van der Waals surface area contributed by atoms with Crippen LogP contribution in [-0.4, -0.2) is 19.6 Å². The molecule has 1 fully saturated rings. The van der Waals surface area contributed by atoms with E-state index in [0.717, 1.165) is 32.5 Å². The number of halogens is 2. The maximum atomic E-state index is 14.3. The molecule has 1 N–H and O–H groups in total. The molecule has 1 heterocycles. The number of hydrogen-bond donors (Lipinski definition) is 1. The highest BCUT2D eigenvalue weighted by molar-refractivity contribution is 5.51. The van der Waals surface area contributed by atoms with Gasteiger partial charge in [0.1, 0.15) is 17.3 Å². The Hall–Kier alpha value is -1.16. The Morgan fingerprint density at radius 2 is 1.76 bits per heavy atom. The smallest absolute Gasteiger partial charge is 0.149 e. The van der Waals surface area contributed by atoms with E-state index in [-0.39, 0.29) is 5.69 Å². The summed E-state index contributed by atoms with van der Waals surface area (Å²) < 4.78 is 28.5. The number of nitrogens with one attached hydrogen (secondary N) is 1. The van der Waals surface area contributed by atoms with Gasteiger partial charge in [0.25, 0.3) is 0 Å². The number of benzene rings is 1. The maximum absolute atomic E-state index is 14.3. The van der Waals surface area contributed by atoms with Crippen molar-refractivity contribution >= 4 is 5.69 Å². The van der Waals surface area contributed by atoms with E-state index in [1.165, 1.54) is 12.1 Å². The maximum Gasteiger partial charge on any atom is 0.149 e. The molecule has 1 aromatic rings. The van der Waals surface area contributed by atoms with Crippen LogP contribution in [0.4, 0.5) is 14.5 Å². The van der Waals surface area contributed by atoms with E-state index < -0.39 is 11.6 Å². The summed E-state index contributed by atoms with van der Waals surface area (Å²) >= 11 is 0. The fraction of sp³-hybridized carbons (Fsp3) is 0.647. The molecule has 2 rings (SSSR count). The van der Waals surface area contributed by atoms with Crippen LogP contribution >= 0.6 is 0 Å². The zero-order valence-electron chi connectivity index (χ0n) is 13.3. The molecule has 1 saturated heterocycles. The molecule has 0 unspecified atom stereocenters. The van der Waals surface area contributed by atoms with E-state index in [4.69, 9.17) is 0 Å². The van der Waals surface area contributed by atoms with Crippen LogP contribution in [-0.2, 0) is 6.54 Å². The lowest BCUT2D eigenvalue weighted by Crippen LogP contribution is -2.36. The highest BCUT2D eigenvalue weighted by atomic mass is 19.1. The highest BCUT2D eigenvalue weighted by Gasteiger charge is 2.25. The van der Waals surface area contributed by atoms with Gasteiger partial charge in [-0.1, -0.05) is 20.8 Å². The van der Waals surface area contributed by atoms with Gasteiger partial charge in [0.15, 0.2) is 0 Å². The van der Waals surface area contributed by atoms with Crippen LogP contribution in [0, 0.1) is 23.5 Å². The Morgan fingerprint density at radius 1 is 1.19 bits per heavy atom. The Labute approximate surface area is 126 Å². The molecule has 0 aliphatic carbocycles. The summed E-state index contributed by atoms with van der Waals surface area (Å²) in [6.45, 7) is 9.17. The molecule has 0 radical (unpaired) electrons. The van der Waals surface area contributed by atoms with Gasteiger partial charge in [0.2, 0.25) is 0 Å². The number of hydrogen-bond acceptors (Lipinski definition) is 2. The molecule has 0 amide bonds. The van der Waals surface area contributed by atoms with Gasteiger partial charge in [-0.2, -0.15) is 0 Å². The van der Waals surface area contributed by atoms with E-state index >= 15 is 0 Å². The molecule has 1 aliphatic heterocycles. The lowest BCUT2D eigenvalue weighted by atomic mass is 9.86. The van der Waals surface area contributed by atoms with Crippen LogP contribution in [0.25, 0.3) is 0 Å². The second-order valence-electron chi connectivity index (χ2n) is 6.26. The molecule has 2 nitrogen and oxygen atoms in total. The second-order valence-corrected chi connectivity index (χ2v) is 6.26. The van der Waals surface area contributed by atoms with Crippen molar-refractivity contribution in [3.8, 4) is 0 Å². The van der Waals surface area contributed by atoms with Gasteiger partial charge in [-0.15, -0.1) is 0 Å². The summed E-state index contributed by atoms with van der Waals surface area (Å²) in [5, 5.41) is 3.09. The highest BCUT2D eigenvalue weighted by Crippen LogP contribution is 2.31. The Bertz CT molecular complexity index is 443. The molecular weight excluding hydrogens is 270 g/mol. The van der Waals surface area contributed by atoms with Gasteiger partial charge in [-0.3, -0.25) is 0 Å². The van der Waals surface area contributed by atoms with Gasteiger partial charge in [0.05, 0.1) is 0 Å². The third-order valence-corrected chi connectivity index (χ3v) is 4.45. The largest absolute Gasteiger partial charge is 0.367 e. The quantitative estimate of drug-likeness (QED) is 0.885. The number of rotatable bonds is 5. The van der Waals surface area contributed by atoms with Gasteiger partial charge in [-0.05, 0) is 48.9 Å². The number of piperidine rings is 1. The van der Waals surface area contributed by atoms with Crippen LogP contribution < -0.4 is 10.2 Å². The molecule has 0 spiro atoms. The van der Waals surface area contributed by atoms with Gasteiger partial charge in [-0.25, -0.2) is 8.78 Å². The minimum atomic E-state index is -0.439. The van der Waals surface area contributed by atoms with Crippen LogP contribution in [0.3, 0.4) is 0 Å². The van der Waals surface area contributed by atoms with Gasteiger partial charge < -0.3 is 10.2 Å². The van der Waals surface area contributed by atoms with Crippen LogP contribution in [0.2, 0.25) is 0 Å². The van der Waals surface area contributed by atoms with E-state index in [2.05, 4.69) is 19.2 Å². The van der Waals surface area contributed by atoms with Crippen molar-refractivity contribution in [2.75, 3.05) is 24.5 Å². The zero-order valence-corrected chi connectivity index (χ0v) is 13.3. The van der Waals surface area contributed by atoms with E-state index in [1.54, 1.807) is 0 Å². The lowest BCUT2D eigenvalue weighted by Gasteiger charge is -2.35. The summed E-state index contributed by atoms with van der Waals surface area (Å²) in [6, 6.07) is 2.91. The first kappa shape index (κ1) is 16.2. The predicted molar refractivity (Wildman–Crippen MR) is 83.5 cm³/mol. The Kier molecular flexibility index (Phi) is 5.57. The zero-order chi connectivity index (χ0) is 15.4. The van der Waals surface area contributed by atoms with Crippen molar-refractivity contribution in [1.29, 1.82) is 0 Å². The Balaban J connectivity index is 2.10. The minimum absolute atomic E-state index is 0.150. The second kappa shape index (κ2) is 7.21. The standard InChI is InChI=1S/C17H26F2N2/c1-4-20-11-13-9-15(18)17(16(19)10-13)21-7-5-14(6-8-21)12(2)3/h9-10,12,14,20H,4-8,11H2,1-3H3. The molecule has 0 saturated carbocycles. The van der Waals surface area contributed by atoms with Crippen LogP contribution in [0.5, 0.6) is 0 Å². The molecule has 0 atom stereocenters. The van der Waals surface area contributed by atoms with Crippen molar-refractivity contribution in [2.24, 2.45) is 11.8 Å². The average Bonchev–Trinajstić information content (AvgIpc) is 2.45. The summed E-state index contributed by atoms with van der Waals surface area (Å²) in [5.74, 6) is 0.432. The molecule has 0 bridgehead atoms. The average molecular weight is 296 g/mol. The monoisotopic (exact) mass is 296 g/mol. The molecule has 0 aromatic heterocycles. The normalized spacial score (nSPS) is 16.8. The third kappa shape index (κ3) is 3.94. The SMILES string of the molecule is CCNCc1cc(F)c(N2CCC(C(C)C)CC2)c(F)c1. The van der Waals surface area contributed by atoms with Gasteiger partial charge >= 0.3 is 0 Å². The van der Waals surface area contributed by atoms with Crippen LogP contribution in [0.15, 0.2) is 12.1 Å². The fourth-order valence-corrected chi connectivity index (χ4v) is 3.08. The molecule has 118 valence electrons. The van der Waals surface area contributed by atoms with Gasteiger partial charge in [0, 0.05) is 19.6 Å². The van der Waals surface area contributed by atoms with Crippen molar-refractivity contribution in [2.45, 2.75) is 40.2 Å². The van der Waals surface area contributed by atoms with Crippen molar-refractivity contribution in [3.05, 3.63) is 29.3 Å². The summed E-state index contributed by atoms with van der Waals surface area (Å²) in [5.41, 5.74) is 0.810. The molecule has 4 heteroatoms. The van der Waals surface area contributed by atoms with Crippen molar-refractivity contribution < 1.29 is 8.78 Å². The molecule has 1 aromatic carbocycles. The number of anilines is 1. The summed E-state index contributed by atoms with van der Waals surface area (Å²) in [7, 11) is 0. The van der Waals surface area contributed by atoms with E-state index in [9.17, 15) is 8.78 Å². The first-order valence-corrected chi connectivity index (χ1v) is 7.96. The molecule has 21 heavy (non-hydrogen) atoms. The first-order chi connectivity index (χ1) is 10.0. The Morgan fingerprint density at radius 3 is 2.24 bits per heavy atom. The van der Waals surface area contributed by atoms with E-state index in [0.29, 0.717) is 23.9 Å². The molecule has 1 aliphatic rings. The lowest BCUT2D eigenvalue weighted by molar-refractivity contribution is 0.309. The summed E-state index contributed by atoms with van der Waals surface area (Å²) in [6.07, 6.45) is 2.02. The third-order valence-electron chi connectivity index (χ3n) is 4.45. The fourth-order valence-electron chi connectivity index (χ4n) is 3.08. The first-order valence-electron chi connectivity index (χ1n) is 7.96. The van der Waals surface area contributed by atoms with Crippen LogP contribution in [0.1, 0.15) is 39.2 Å². The van der Waals surface area contributed by atoms with Crippen molar-refractivity contribution in [1.82, 2.24) is 5.32 Å². The van der Waals surface area contributed by atoms with E-state index in [1.807, 2.05) is 11.8 Å². The predicted octanol–water partition coefficient (Wildman–Crippen LogP) is 3.95. The minimum Gasteiger partial charge on any atom is -0.367 e.